The number of rotatable bonds is 11. The summed E-state index contributed by atoms with van der Waals surface area (Å²) in [6.45, 7) is 8.24. The van der Waals surface area contributed by atoms with Crippen molar-refractivity contribution in [1.29, 1.82) is 0 Å². The molecule has 0 aromatic heterocycles. The third-order valence-corrected chi connectivity index (χ3v) is 5.37. The average molecular weight is 439 g/mol. The zero-order valence-electron chi connectivity index (χ0n) is 18.6. The molecule has 0 saturated heterocycles. The first kappa shape index (κ1) is 23.2. The predicted octanol–water partition coefficient (Wildman–Crippen LogP) is 7.81. The molecule has 164 valence electrons. The summed E-state index contributed by atoms with van der Waals surface area (Å²) in [7, 11) is 0. The Labute approximate surface area is 190 Å². The molecule has 0 fully saturated rings. The van der Waals surface area contributed by atoms with Gasteiger partial charge >= 0.3 is 0 Å². The van der Waals surface area contributed by atoms with Crippen LogP contribution in [-0.4, -0.2) is 13.2 Å². The van der Waals surface area contributed by atoms with E-state index in [1.54, 1.807) is 0 Å². The Bertz CT molecular complexity index is 954. The van der Waals surface area contributed by atoms with E-state index in [2.05, 4.69) is 26.8 Å². The summed E-state index contributed by atoms with van der Waals surface area (Å²) in [5, 5.41) is 0.646. The van der Waals surface area contributed by atoms with E-state index >= 15 is 0 Å². The van der Waals surface area contributed by atoms with Crippen LogP contribution in [0.1, 0.15) is 44.7 Å². The molecule has 4 heteroatoms. The lowest BCUT2D eigenvalue weighted by Crippen LogP contribution is -2.24. The number of ether oxygens (including phenoxy) is 3. The molecule has 0 spiro atoms. The van der Waals surface area contributed by atoms with Crippen LogP contribution < -0.4 is 9.47 Å². The van der Waals surface area contributed by atoms with E-state index in [1.165, 1.54) is 0 Å². The highest BCUT2D eigenvalue weighted by atomic mass is 35.5. The maximum atomic E-state index is 6.45. The average Bonchev–Trinajstić information content (AvgIpc) is 2.76. The number of para-hydroxylation sites is 1. The second kappa shape index (κ2) is 11.2. The topological polar surface area (TPSA) is 27.7 Å². The molecule has 0 N–H and O–H groups in total. The van der Waals surface area contributed by atoms with Crippen LogP contribution in [0.3, 0.4) is 0 Å². The van der Waals surface area contributed by atoms with Crippen LogP contribution in [0, 0.1) is 0 Å². The van der Waals surface area contributed by atoms with Gasteiger partial charge in [-0.3, -0.25) is 0 Å². The van der Waals surface area contributed by atoms with Gasteiger partial charge in [0.05, 0.1) is 24.8 Å². The van der Waals surface area contributed by atoms with Gasteiger partial charge in [0.2, 0.25) is 0 Å². The van der Waals surface area contributed by atoms with E-state index in [1.807, 2.05) is 66.7 Å². The van der Waals surface area contributed by atoms with Crippen molar-refractivity contribution in [2.45, 2.75) is 45.6 Å². The van der Waals surface area contributed by atoms with Crippen molar-refractivity contribution in [3.8, 4) is 17.2 Å². The molecule has 3 rings (SSSR count). The molecule has 0 aliphatic carbocycles. The van der Waals surface area contributed by atoms with E-state index in [0.717, 1.165) is 41.2 Å². The highest BCUT2D eigenvalue weighted by molar-refractivity contribution is 6.32. The number of hydrogen-bond donors (Lipinski definition) is 0. The number of benzene rings is 3. The Kier molecular flexibility index (Phi) is 8.39. The highest BCUT2D eigenvalue weighted by Gasteiger charge is 2.22. The zero-order chi connectivity index (χ0) is 22.1. The first-order valence-electron chi connectivity index (χ1n) is 10.8. The molecule has 0 unspecified atom stereocenters. The standard InChI is InChI=1S/C27H31ClO3/c1-4-5-16-30-26-15-14-22(18-25(26)28)27(2,3)20-29-19-21-10-9-13-24(17-21)31-23-11-7-6-8-12-23/h6-15,17-18H,4-5,16,19-20H2,1-3H3. The molecule has 0 amide bonds. The number of hydrogen-bond acceptors (Lipinski definition) is 3. The molecule has 0 atom stereocenters. The van der Waals surface area contributed by atoms with Crippen molar-refractivity contribution < 1.29 is 14.2 Å². The van der Waals surface area contributed by atoms with E-state index in [4.69, 9.17) is 25.8 Å². The maximum Gasteiger partial charge on any atom is 0.137 e. The largest absolute Gasteiger partial charge is 0.492 e. The van der Waals surface area contributed by atoms with E-state index in [-0.39, 0.29) is 5.41 Å². The molecule has 0 bridgehead atoms. The van der Waals surface area contributed by atoms with Gasteiger partial charge in [0.25, 0.3) is 0 Å². The molecule has 3 nitrogen and oxygen atoms in total. The minimum Gasteiger partial charge on any atom is -0.492 e. The fraction of sp³-hybridized carbons (Fsp3) is 0.333. The van der Waals surface area contributed by atoms with Crippen LogP contribution in [-0.2, 0) is 16.8 Å². The van der Waals surface area contributed by atoms with Crippen molar-refractivity contribution in [2.24, 2.45) is 0 Å². The molecule has 3 aromatic rings. The summed E-state index contributed by atoms with van der Waals surface area (Å²) in [5.74, 6) is 2.36. The van der Waals surface area contributed by atoms with Gasteiger partial charge in [-0.05, 0) is 53.9 Å². The van der Waals surface area contributed by atoms with Crippen LogP contribution in [0.15, 0.2) is 72.8 Å². The third-order valence-electron chi connectivity index (χ3n) is 5.08. The van der Waals surface area contributed by atoms with E-state index in [9.17, 15) is 0 Å². The predicted molar refractivity (Wildman–Crippen MR) is 127 cm³/mol. The summed E-state index contributed by atoms with van der Waals surface area (Å²) in [6.07, 6.45) is 2.12. The van der Waals surface area contributed by atoms with E-state index in [0.29, 0.717) is 24.8 Å². The van der Waals surface area contributed by atoms with Gasteiger partial charge in [-0.25, -0.2) is 0 Å². The van der Waals surface area contributed by atoms with Gasteiger partial charge in [0.15, 0.2) is 0 Å². The van der Waals surface area contributed by atoms with Gasteiger partial charge in [0.1, 0.15) is 17.2 Å². The minimum atomic E-state index is -0.177. The summed E-state index contributed by atoms with van der Waals surface area (Å²) in [5.41, 5.74) is 2.02. The second-order valence-corrected chi connectivity index (χ2v) is 8.69. The normalized spacial score (nSPS) is 11.4. The van der Waals surface area contributed by atoms with E-state index < -0.39 is 0 Å². The maximum absolute atomic E-state index is 6.45. The first-order chi connectivity index (χ1) is 15.0. The van der Waals surface area contributed by atoms with Gasteiger partial charge in [-0.15, -0.1) is 0 Å². The molecule has 0 radical (unpaired) electrons. The highest BCUT2D eigenvalue weighted by Crippen LogP contribution is 2.32. The Balaban J connectivity index is 1.56. The molecule has 0 aliphatic heterocycles. The van der Waals surface area contributed by atoms with Crippen molar-refractivity contribution in [3.05, 3.63) is 88.9 Å². The zero-order valence-corrected chi connectivity index (χ0v) is 19.3. The van der Waals surface area contributed by atoms with Crippen LogP contribution in [0.5, 0.6) is 17.2 Å². The van der Waals surface area contributed by atoms with Crippen molar-refractivity contribution >= 4 is 11.6 Å². The second-order valence-electron chi connectivity index (χ2n) is 8.29. The SMILES string of the molecule is CCCCOc1ccc(C(C)(C)COCc2cccc(Oc3ccccc3)c2)cc1Cl. The smallest absolute Gasteiger partial charge is 0.137 e. The quantitative estimate of drug-likeness (QED) is 0.286. The summed E-state index contributed by atoms with van der Waals surface area (Å²) in [4.78, 5) is 0. The molecule has 0 saturated carbocycles. The molecule has 0 heterocycles. The lowest BCUT2D eigenvalue weighted by Gasteiger charge is -2.26. The molecule has 31 heavy (non-hydrogen) atoms. The van der Waals surface area contributed by atoms with Gasteiger partial charge < -0.3 is 14.2 Å². The lowest BCUT2D eigenvalue weighted by atomic mass is 9.85. The Morgan fingerprint density at radius 1 is 0.871 bits per heavy atom. The van der Waals surface area contributed by atoms with Crippen LogP contribution in [0.25, 0.3) is 0 Å². The van der Waals surface area contributed by atoms with Crippen LogP contribution in [0.2, 0.25) is 5.02 Å². The monoisotopic (exact) mass is 438 g/mol. The fourth-order valence-electron chi connectivity index (χ4n) is 3.20. The summed E-state index contributed by atoms with van der Waals surface area (Å²) in [6, 6.07) is 23.8. The van der Waals surface area contributed by atoms with Crippen LogP contribution in [0.4, 0.5) is 0 Å². The summed E-state index contributed by atoms with van der Waals surface area (Å²) < 4.78 is 17.7. The molecular formula is C27H31ClO3. The third kappa shape index (κ3) is 7.02. The molecule has 3 aromatic carbocycles. The molecular weight excluding hydrogens is 408 g/mol. The van der Waals surface area contributed by atoms with Crippen molar-refractivity contribution in [1.82, 2.24) is 0 Å². The number of unbranched alkanes of at least 4 members (excludes halogenated alkanes) is 1. The Morgan fingerprint density at radius 2 is 1.65 bits per heavy atom. The van der Waals surface area contributed by atoms with Gasteiger partial charge in [0, 0.05) is 5.41 Å². The first-order valence-corrected chi connectivity index (χ1v) is 11.2. The fourth-order valence-corrected chi connectivity index (χ4v) is 3.43. The van der Waals surface area contributed by atoms with Gasteiger partial charge in [-0.1, -0.05) is 75.2 Å². The Morgan fingerprint density at radius 3 is 2.39 bits per heavy atom. The van der Waals surface area contributed by atoms with Crippen molar-refractivity contribution in [2.75, 3.05) is 13.2 Å². The number of halogens is 1. The lowest BCUT2D eigenvalue weighted by molar-refractivity contribution is 0.0824. The Hall–Kier alpha value is -2.49. The summed E-state index contributed by atoms with van der Waals surface area (Å²) >= 11 is 6.45. The minimum absolute atomic E-state index is 0.177. The van der Waals surface area contributed by atoms with Crippen LogP contribution >= 0.6 is 11.6 Å². The van der Waals surface area contributed by atoms with Gasteiger partial charge in [-0.2, -0.15) is 0 Å². The van der Waals surface area contributed by atoms with Crippen molar-refractivity contribution in [3.63, 3.8) is 0 Å². The molecule has 0 aliphatic rings.